The lowest BCUT2D eigenvalue weighted by Crippen LogP contribution is -2.49. The van der Waals surface area contributed by atoms with Gasteiger partial charge >= 0.3 is 0 Å². The third kappa shape index (κ3) is 4.36. The van der Waals surface area contributed by atoms with E-state index in [0.29, 0.717) is 13.1 Å². The van der Waals surface area contributed by atoms with Crippen LogP contribution in [0.1, 0.15) is 41.3 Å². The number of piperazine rings is 1. The molecule has 1 aromatic carbocycles. The number of anilines is 2. The number of hydrogen-bond acceptors (Lipinski definition) is 5. The van der Waals surface area contributed by atoms with Gasteiger partial charge in [-0.1, -0.05) is 24.6 Å². The number of amides is 1. The standard InChI is InChI=1S/C23H31N5O/c1-17-8-10-26(11-9-17)21-6-7-22(25-24-21)27-12-14-28(15-13-27)23(29)20-16-18(2)4-5-19(20)3/h4-7,16-17H,8-15H2,1-3H3. The van der Waals surface area contributed by atoms with Gasteiger partial charge in [-0.25, -0.2) is 0 Å². The third-order valence-corrected chi connectivity index (χ3v) is 6.26. The molecule has 29 heavy (non-hydrogen) atoms. The second-order valence-corrected chi connectivity index (χ2v) is 8.52. The van der Waals surface area contributed by atoms with E-state index >= 15 is 0 Å². The molecule has 154 valence electrons. The van der Waals surface area contributed by atoms with E-state index in [0.717, 1.165) is 60.4 Å². The number of aryl methyl sites for hydroxylation is 2. The van der Waals surface area contributed by atoms with Gasteiger partial charge in [0.15, 0.2) is 11.6 Å². The summed E-state index contributed by atoms with van der Waals surface area (Å²) in [5.41, 5.74) is 2.98. The van der Waals surface area contributed by atoms with Crippen molar-refractivity contribution in [3.63, 3.8) is 0 Å². The first-order valence-electron chi connectivity index (χ1n) is 10.7. The first kappa shape index (κ1) is 19.7. The minimum atomic E-state index is 0.131. The summed E-state index contributed by atoms with van der Waals surface area (Å²) in [5, 5.41) is 8.96. The van der Waals surface area contributed by atoms with Crippen molar-refractivity contribution in [3.8, 4) is 0 Å². The summed E-state index contributed by atoms with van der Waals surface area (Å²) < 4.78 is 0. The largest absolute Gasteiger partial charge is 0.355 e. The Labute approximate surface area is 173 Å². The minimum Gasteiger partial charge on any atom is -0.355 e. The van der Waals surface area contributed by atoms with Gasteiger partial charge < -0.3 is 14.7 Å². The van der Waals surface area contributed by atoms with Gasteiger partial charge in [0.1, 0.15) is 0 Å². The molecule has 0 spiro atoms. The molecule has 0 saturated carbocycles. The summed E-state index contributed by atoms with van der Waals surface area (Å²) in [6.45, 7) is 11.5. The van der Waals surface area contributed by atoms with E-state index in [1.807, 2.05) is 30.9 Å². The number of hydrogen-bond donors (Lipinski definition) is 0. The molecular weight excluding hydrogens is 362 g/mol. The van der Waals surface area contributed by atoms with Crippen LogP contribution in [0.15, 0.2) is 30.3 Å². The van der Waals surface area contributed by atoms with Gasteiger partial charge in [-0.2, -0.15) is 0 Å². The van der Waals surface area contributed by atoms with Crippen molar-refractivity contribution in [2.45, 2.75) is 33.6 Å². The molecule has 1 aromatic heterocycles. The lowest BCUT2D eigenvalue weighted by Gasteiger charge is -2.36. The van der Waals surface area contributed by atoms with Gasteiger partial charge in [0.25, 0.3) is 5.91 Å². The van der Waals surface area contributed by atoms with Crippen LogP contribution in [0.25, 0.3) is 0 Å². The van der Waals surface area contributed by atoms with Crippen molar-refractivity contribution >= 4 is 17.5 Å². The topological polar surface area (TPSA) is 52.6 Å². The van der Waals surface area contributed by atoms with Crippen LogP contribution < -0.4 is 9.80 Å². The van der Waals surface area contributed by atoms with Gasteiger partial charge in [0.05, 0.1) is 0 Å². The van der Waals surface area contributed by atoms with Crippen molar-refractivity contribution in [3.05, 3.63) is 47.0 Å². The molecule has 2 aliphatic rings. The summed E-state index contributed by atoms with van der Waals surface area (Å²) >= 11 is 0. The van der Waals surface area contributed by atoms with Crippen LogP contribution in [-0.2, 0) is 0 Å². The highest BCUT2D eigenvalue weighted by Crippen LogP contribution is 2.23. The molecule has 0 N–H and O–H groups in total. The van der Waals surface area contributed by atoms with E-state index in [1.54, 1.807) is 0 Å². The van der Waals surface area contributed by atoms with E-state index in [1.165, 1.54) is 12.8 Å². The van der Waals surface area contributed by atoms with E-state index in [-0.39, 0.29) is 5.91 Å². The van der Waals surface area contributed by atoms with Gasteiger partial charge in [0, 0.05) is 44.8 Å². The summed E-state index contributed by atoms with van der Waals surface area (Å²) in [5.74, 6) is 2.81. The Hall–Kier alpha value is -2.63. The molecule has 0 radical (unpaired) electrons. The number of benzene rings is 1. The molecule has 2 saturated heterocycles. The lowest BCUT2D eigenvalue weighted by molar-refractivity contribution is 0.0745. The fourth-order valence-corrected chi connectivity index (χ4v) is 4.17. The molecule has 6 heteroatoms. The maximum Gasteiger partial charge on any atom is 0.254 e. The molecule has 4 rings (SSSR count). The first-order valence-corrected chi connectivity index (χ1v) is 10.7. The predicted octanol–water partition coefficient (Wildman–Crippen LogP) is 3.29. The summed E-state index contributed by atoms with van der Waals surface area (Å²) in [7, 11) is 0. The molecule has 0 unspecified atom stereocenters. The smallest absolute Gasteiger partial charge is 0.254 e. The summed E-state index contributed by atoms with van der Waals surface area (Å²) in [4.78, 5) is 19.4. The lowest BCUT2D eigenvalue weighted by atomic mass is 9.99. The molecule has 2 aliphatic heterocycles. The van der Waals surface area contributed by atoms with Crippen molar-refractivity contribution in [2.24, 2.45) is 5.92 Å². The number of carbonyl (C=O) groups is 1. The normalized spacial score (nSPS) is 18.2. The Kier molecular flexibility index (Phi) is 5.69. The maximum atomic E-state index is 12.9. The maximum absolute atomic E-state index is 12.9. The zero-order valence-electron chi connectivity index (χ0n) is 17.8. The Bertz CT molecular complexity index is 850. The highest BCUT2D eigenvalue weighted by atomic mass is 16.2. The Morgan fingerprint density at radius 1 is 0.862 bits per heavy atom. The fraction of sp³-hybridized carbons (Fsp3) is 0.522. The molecule has 2 aromatic rings. The number of carbonyl (C=O) groups excluding carboxylic acids is 1. The molecule has 3 heterocycles. The van der Waals surface area contributed by atoms with Crippen molar-refractivity contribution in [1.82, 2.24) is 15.1 Å². The van der Waals surface area contributed by atoms with Crippen LogP contribution in [-0.4, -0.2) is 60.3 Å². The highest BCUT2D eigenvalue weighted by Gasteiger charge is 2.24. The highest BCUT2D eigenvalue weighted by molar-refractivity contribution is 5.96. The first-order chi connectivity index (χ1) is 14.0. The second kappa shape index (κ2) is 8.39. The quantitative estimate of drug-likeness (QED) is 0.801. The van der Waals surface area contributed by atoms with E-state index < -0.39 is 0 Å². The SMILES string of the molecule is Cc1ccc(C)c(C(=O)N2CCN(c3ccc(N4CCC(C)CC4)nn3)CC2)c1. The zero-order valence-corrected chi connectivity index (χ0v) is 17.8. The second-order valence-electron chi connectivity index (χ2n) is 8.52. The van der Waals surface area contributed by atoms with Crippen LogP contribution in [0.3, 0.4) is 0 Å². The van der Waals surface area contributed by atoms with Crippen LogP contribution >= 0.6 is 0 Å². The molecule has 6 nitrogen and oxygen atoms in total. The average Bonchev–Trinajstić information content (AvgIpc) is 2.76. The van der Waals surface area contributed by atoms with Crippen molar-refractivity contribution in [2.75, 3.05) is 49.1 Å². The molecule has 0 aliphatic carbocycles. The van der Waals surface area contributed by atoms with E-state index in [2.05, 4.69) is 45.1 Å². The predicted molar refractivity (Wildman–Crippen MR) is 117 cm³/mol. The molecule has 2 fully saturated rings. The molecule has 1 amide bonds. The number of nitrogens with zero attached hydrogens (tertiary/aromatic N) is 5. The van der Waals surface area contributed by atoms with Gasteiger partial charge in [0.2, 0.25) is 0 Å². The van der Waals surface area contributed by atoms with Gasteiger partial charge in [-0.15, -0.1) is 10.2 Å². The van der Waals surface area contributed by atoms with Gasteiger partial charge in [-0.05, 0) is 56.4 Å². The summed E-state index contributed by atoms with van der Waals surface area (Å²) in [6, 6.07) is 10.2. The monoisotopic (exact) mass is 393 g/mol. The van der Waals surface area contributed by atoms with Gasteiger partial charge in [-0.3, -0.25) is 4.79 Å². The number of rotatable bonds is 3. The molecule has 0 atom stereocenters. The van der Waals surface area contributed by atoms with Crippen LogP contribution in [0, 0.1) is 19.8 Å². The van der Waals surface area contributed by atoms with E-state index in [4.69, 9.17) is 0 Å². The van der Waals surface area contributed by atoms with E-state index in [9.17, 15) is 4.79 Å². The number of aromatic nitrogens is 2. The average molecular weight is 394 g/mol. The zero-order chi connectivity index (χ0) is 20.4. The fourth-order valence-electron chi connectivity index (χ4n) is 4.17. The summed E-state index contributed by atoms with van der Waals surface area (Å²) in [6.07, 6.45) is 2.44. The Balaban J connectivity index is 1.36. The molecule has 0 bridgehead atoms. The molecular formula is C23H31N5O. The Morgan fingerprint density at radius 2 is 1.45 bits per heavy atom. The third-order valence-electron chi connectivity index (χ3n) is 6.26. The van der Waals surface area contributed by atoms with Crippen LogP contribution in [0.2, 0.25) is 0 Å². The minimum absolute atomic E-state index is 0.131. The van der Waals surface area contributed by atoms with Crippen molar-refractivity contribution in [1.29, 1.82) is 0 Å². The number of piperidine rings is 1. The van der Waals surface area contributed by atoms with Crippen LogP contribution in [0.4, 0.5) is 11.6 Å². The van der Waals surface area contributed by atoms with Crippen molar-refractivity contribution < 1.29 is 4.79 Å². The Morgan fingerprint density at radius 3 is 2.03 bits per heavy atom. The van der Waals surface area contributed by atoms with Crippen LogP contribution in [0.5, 0.6) is 0 Å².